The average Bonchev–Trinajstić information content (AvgIpc) is 2.88. The number of benzene rings is 1. The first kappa shape index (κ1) is 13.6. The van der Waals surface area contributed by atoms with Crippen LogP contribution < -0.4 is 4.31 Å². The van der Waals surface area contributed by atoms with Crippen LogP contribution in [0.5, 0.6) is 0 Å². The zero-order chi connectivity index (χ0) is 14.0. The summed E-state index contributed by atoms with van der Waals surface area (Å²) in [5.41, 5.74) is 1.98. The van der Waals surface area contributed by atoms with Gasteiger partial charge in [0.25, 0.3) is 10.0 Å². The Morgan fingerprint density at radius 2 is 2.00 bits per heavy atom. The van der Waals surface area contributed by atoms with Gasteiger partial charge in [0.1, 0.15) is 4.90 Å². The van der Waals surface area contributed by atoms with Gasteiger partial charge in [-0.25, -0.2) is 8.42 Å². The van der Waals surface area contributed by atoms with E-state index in [2.05, 4.69) is 4.98 Å². The Labute approximate surface area is 112 Å². The van der Waals surface area contributed by atoms with Crippen molar-refractivity contribution in [2.24, 2.45) is 0 Å². The zero-order valence-electron chi connectivity index (χ0n) is 10.8. The molecule has 0 fully saturated rings. The maximum atomic E-state index is 12.4. The molecule has 102 valence electrons. The molecule has 0 aliphatic carbocycles. The molecule has 0 bridgehead atoms. The number of aliphatic hydroxyl groups is 1. The van der Waals surface area contributed by atoms with Crippen LogP contribution in [0.1, 0.15) is 11.3 Å². The Morgan fingerprint density at radius 1 is 1.32 bits per heavy atom. The molecule has 0 atom stereocenters. The second kappa shape index (κ2) is 5.07. The SMILES string of the molecule is Cc1ccccc1N(C)S(=O)(=O)c1c[nH]c(CO)c1. The minimum atomic E-state index is -3.61. The van der Waals surface area contributed by atoms with Crippen LogP contribution in [-0.2, 0) is 16.6 Å². The van der Waals surface area contributed by atoms with Crippen LogP contribution >= 0.6 is 0 Å². The minimum absolute atomic E-state index is 0.141. The standard InChI is InChI=1S/C13H16N2O3S/c1-10-5-3-4-6-13(10)15(2)19(17,18)12-7-11(9-16)14-8-12/h3-8,14,16H,9H2,1-2H3. The quantitative estimate of drug-likeness (QED) is 0.894. The molecular formula is C13H16N2O3S. The van der Waals surface area contributed by atoms with E-state index in [0.717, 1.165) is 5.56 Å². The number of sulfonamides is 1. The van der Waals surface area contributed by atoms with E-state index in [1.165, 1.54) is 23.6 Å². The number of hydrogen-bond donors (Lipinski definition) is 2. The van der Waals surface area contributed by atoms with Crippen molar-refractivity contribution >= 4 is 15.7 Å². The normalized spacial score (nSPS) is 11.5. The van der Waals surface area contributed by atoms with E-state index in [1.807, 2.05) is 19.1 Å². The molecule has 1 heterocycles. The fourth-order valence-electron chi connectivity index (χ4n) is 1.86. The van der Waals surface area contributed by atoms with Crippen LogP contribution in [0, 0.1) is 6.92 Å². The number of nitrogens with one attached hydrogen (secondary N) is 1. The maximum Gasteiger partial charge on any atom is 0.265 e. The third-order valence-corrected chi connectivity index (χ3v) is 4.75. The van der Waals surface area contributed by atoms with Crippen molar-refractivity contribution in [3.63, 3.8) is 0 Å². The van der Waals surface area contributed by atoms with Gasteiger partial charge in [-0.1, -0.05) is 18.2 Å². The Morgan fingerprint density at radius 3 is 2.58 bits per heavy atom. The third kappa shape index (κ3) is 2.50. The fourth-order valence-corrected chi connectivity index (χ4v) is 3.14. The molecule has 0 spiro atoms. The van der Waals surface area contributed by atoms with Gasteiger partial charge in [-0.2, -0.15) is 0 Å². The summed E-state index contributed by atoms with van der Waals surface area (Å²) in [5.74, 6) is 0. The van der Waals surface area contributed by atoms with Crippen LogP contribution in [0.25, 0.3) is 0 Å². The summed E-state index contributed by atoms with van der Waals surface area (Å²) in [6, 6.07) is 8.71. The number of nitrogens with zero attached hydrogens (tertiary/aromatic N) is 1. The second-order valence-electron chi connectivity index (χ2n) is 4.28. The van der Waals surface area contributed by atoms with Crippen molar-refractivity contribution in [1.29, 1.82) is 0 Å². The minimum Gasteiger partial charge on any atom is -0.390 e. The lowest BCUT2D eigenvalue weighted by Crippen LogP contribution is -2.26. The van der Waals surface area contributed by atoms with E-state index in [4.69, 9.17) is 5.11 Å². The molecule has 19 heavy (non-hydrogen) atoms. The molecule has 2 aromatic rings. The van der Waals surface area contributed by atoms with Gasteiger partial charge >= 0.3 is 0 Å². The predicted octanol–water partition coefficient (Wildman–Crippen LogP) is 1.64. The highest BCUT2D eigenvalue weighted by molar-refractivity contribution is 7.92. The smallest absolute Gasteiger partial charge is 0.265 e. The Hall–Kier alpha value is -1.79. The summed E-state index contributed by atoms with van der Waals surface area (Å²) in [6.07, 6.45) is 1.38. The van der Waals surface area contributed by atoms with Crippen LogP contribution in [0.15, 0.2) is 41.4 Å². The molecule has 0 saturated heterocycles. The number of H-pyrrole nitrogens is 1. The lowest BCUT2D eigenvalue weighted by Gasteiger charge is -2.20. The van der Waals surface area contributed by atoms with Gasteiger partial charge in [0.2, 0.25) is 0 Å². The Bertz CT molecular complexity index is 677. The van der Waals surface area contributed by atoms with E-state index >= 15 is 0 Å². The molecule has 0 radical (unpaired) electrons. The summed E-state index contributed by atoms with van der Waals surface area (Å²) in [4.78, 5) is 2.87. The molecule has 2 rings (SSSR count). The van der Waals surface area contributed by atoms with E-state index < -0.39 is 10.0 Å². The third-order valence-electron chi connectivity index (χ3n) is 3.00. The van der Waals surface area contributed by atoms with Crippen molar-refractivity contribution < 1.29 is 13.5 Å². The Kier molecular flexibility index (Phi) is 3.64. The van der Waals surface area contributed by atoms with Gasteiger partial charge < -0.3 is 10.1 Å². The Balaban J connectivity index is 2.42. The molecule has 5 nitrogen and oxygen atoms in total. The average molecular weight is 280 g/mol. The van der Waals surface area contributed by atoms with Crippen LogP contribution in [0.4, 0.5) is 5.69 Å². The van der Waals surface area contributed by atoms with E-state index in [0.29, 0.717) is 11.4 Å². The van der Waals surface area contributed by atoms with Gasteiger partial charge in [0.15, 0.2) is 0 Å². The van der Waals surface area contributed by atoms with Crippen molar-refractivity contribution in [3.05, 3.63) is 47.8 Å². The lowest BCUT2D eigenvalue weighted by atomic mass is 10.2. The molecule has 0 saturated carbocycles. The molecule has 1 aromatic heterocycles. The molecule has 6 heteroatoms. The molecule has 2 N–H and O–H groups in total. The van der Waals surface area contributed by atoms with Crippen molar-refractivity contribution in [3.8, 4) is 0 Å². The molecular weight excluding hydrogens is 264 g/mol. The summed E-state index contributed by atoms with van der Waals surface area (Å²) in [7, 11) is -2.10. The lowest BCUT2D eigenvalue weighted by molar-refractivity contribution is 0.277. The van der Waals surface area contributed by atoms with Crippen LogP contribution in [0.2, 0.25) is 0 Å². The molecule has 0 amide bonds. The fraction of sp³-hybridized carbons (Fsp3) is 0.231. The second-order valence-corrected chi connectivity index (χ2v) is 6.25. The highest BCUT2D eigenvalue weighted by Gasteiger charge is 2.23. The zero-order valence-corrected chi connectivity index (χ0v) is 11.6. The van der Waals surface area contributed by atoms with Crippen molar-refractivity contribution in [2.45, 2.75) is 18.4 Å². The summed E-state index contributed by atoms with van der Waals surface area (Å²) >= 11 is 0. The summed E-state index contributed by atoms with van der Waals surface area (Å²) in [5, 5.41) is 8.98. The largest absolute Gasteiger partial charge is 0.390 e. The molecule has 1 aromatic carbocycles. The van der Waals surface area contributed by atoms with Gasteiger partial charge in [0.05, 0.1) is 12.3 Å². The van der Waals surface area contributed by atoms with Gasteiger partial charge in [-0.15, -0.1) is 0 Å². The highest BCUT2D eigenvalue weighted by atomic mass is 32.2. The van der Waals surface area contributed by atoms with Crippen molar-refractivity contribution in [2.75, 3.05) is 11.4 Å². The number of aromatic nitrogens is 1. The monoisotopic (exact) mass is 280 g/mol. The number of hydrogen-bond acceptors (Lipinski definition) is 3. The molecule has 0 aliphatic rings. The van der Waals surface area contributed by atoms with Crippen LogP contribution in [-0.4, -0.2) is 25.6 Å². The van der Waals surface area contributed by atoms with Gasteiger partial charge in [-0.3, -0.25) is 4.31 Å². The van der Waals surface area contributed by atoms with Crippen LogP contribution in [0.3, 0.4) is 0 Å². The summed E-state index contributed by atoms with van der Waals surface area (Å²) < 4.78 is 26.1. The number of aromatic amines is 1. The number of aliphatic hydroxyl groups excluding tert-OH is 1. The highest BCUT2D eigenvalue weighted by Crippen LogP contribution is 2.25. The first-order valence-corrected chi connectivity index (χ1v) is 7.23. The van der Waals surface area contributed by atoms with Gasteiger partial charge in [-0.05, 0) is 24.6 Å². The van der Waals surface area contributed by atoms with E-state index in [1.54, 1.807) is 12.1 Å². The number of aryl methyl sites for hydroxylation is 1. The first-order chi connectivity index (χ1) is 8.96. The number of rotatable bonds is 4. The molecule has 0 unspecified atom stereocenters. The first-order valence-electron chi connectivity index (χ1n) is 5.79. The number of anilines is 1. The maximum absolute atomic E-state index is 12.4. The van der Waals surface area contributed by atoms with Crippen molar-refractivity contribution in [1.82, 2.24) is 4.98 Å². The predicted molar refractivity (Wildman–Crippen MR) is 73.5 cm³/mol. The molecule has 0 aliphatic heterocycles. The van der Waals surface area contributed by atoms with E-state index in [-0.39, 0.29) is 11.5 Å². The number of para-hydroxylation sites is 1. The van der Waals surface area contributed by atoms with Gasteiger partial charge in [0, 0.05) is 18.9 Å². The van der Waals surface area contributed by atoms with E-state index in [9.17, 15) is 8.42 Å². The summed E-state index contributed by atoms with van der Waals surface area (Å²) in [6.45, 7) is 1.64. The topological polar surface area (TPSA) is 73.4 Å².